The molecule has 2 amide bonds. The van der Waals surface area contributed by atoms with Crippen LogP contribution in [0.15, 0.2) is 48.5 Å². The first-order chi connectivity index (χ1) is 11.1. The van der Waals surface area contributed by atoms with Gasteiger partial charge in [-0.05, 0) is 35.9 Å². The third-order valence-corrected chi connectivity index (χ3v) is 3.22. The first kappa shape index (κ1) is 16.4. The summed E-state index contributed by atoms with van der Waals surface area (Å²) < 4.78 is 5.10. The van der Waals surface area contributed by atoms with Crippen LogP contribution in [0.2, 0.25) is 0 Å². The van der Waals surface area contributed by atoms with Crippen LogP contribution in [0, 0.1) is 12.3 Å². The predicted molar refractivity (Wildman–Crippen MR) is 89.4 cm³/mol. The molecule has 0 aromatic heterocycles. The summed E-state index contributed by atoms with van der Waals surface area (Å²) >= 11 is 0. The van der Waals surface area contributed by atoms with Crippen LogP contribution in [0.5, 0.6) is 5.75 Å². The Hall–Kier alpha value is -2.97. The second-order valence-corrected chi connectivity index (χ2v) is 4.85. The van der Waals surface area contributed by atoms with Crippen molar-refractivity contribution < 1.29 is 14.6 Å². The lowest BCUT2D eigenvalue weighted by Gasteiger charge is -2.14. The number of benzene rings is 2. The van der Waals surface area contributed by atoms with Crippen molar-refractivity contribution >= 4 is 11.7 Å². The van der Waals surface area contributed by atoms with Crippen molar-refractivity contribution in [2.45, 2.75) is 6.10 Å². The Morgan fingerprint density at radius 1 is 1.30 bits per heavy atom. The van der Waals surface area contributed by atoms with Crippen LogP contribution in [0.4, 0.5) is 10.5 Å². The van der Waals surface area contributed by atoms with Gasteiger partial charge in [0.1, 0.15) is 5.75 Å². The average Bonchev–Trinajstić information content (AvgIpc) is 2.59. The van der Waals surface area contributed by atoms with Gasteiger partial charge >= 0.3 is 6.03 Å². The molecule has 0 saturated carbocycles. The summed E-state index contributed by atoms with van der Waals surface area (Å²) in [6.07, 6.45) is 4.49. The molecule has 0 bridgehead atoms. The Balaban J connectivity index is 1.89. The number of anilines is 1. The molecule has 118 valence electrons. The van der Waals surface area contributed by atoms with E-state index in [1.807, 2.05) is 0 Å². The van der Waals surface area contributed by atoms with E-state index in [9.17, 15) is 9.90 Å². The van der Waals surface area contributed by atoms with Crippen molar-refractivity contribution in [3.05, 3.63) is 59.7 Å². The molecule has 1 atom stereocenters. The monoisotopic (exact) mass is 310 g/mol. The number of hydrogen-bond donors (Lipinski definition) is 3. The summed E-state index contributed by atoms with van der Waals surface area (Å²) in [7, 11) is 1.56. The molecule has 0 heterocycles. The van der Waals surface area contributed by atoms with Crippen molar-refractivity contribution in [2.24, 2.45) is 0 Å². The molecule has 23 heavy (non-hydrogen) atoms. The summed E-state index contributed by atoms with van der Waals surface area (Å²) in [4.78, 5) is 11.9. The van der Waals surface area contributed by atoms with Gasteiger partial charge in [0, 0.05) is 17.8 Å². The van der Waals surface area contributed by atoms with Crippen LogP contribution in [-0.4, -0.2) is 24.8 Å². The molecular weight excluding hydrogens is 292 g/mol. The number of aliphatic hydroxyl groups excluding tert-OH is 1. The number of urea groups is 1. The fraction of sp³-hybridized carbons (Fsp3) is 0.167. The Morgan fingerprint density at radius 3 is 2.83 bits per heavy atom. The maximum Gasteiger partial charge on any atom is 0.319 e. The maximum atomic E-state index is 11.9. The smallest absolute Gasteiger partial charge is 0.319 e. The van der Waals surface area contributed by atoms with E-state index in [4.69, 9.17) is 11.2 Å². The van der Waals surface area contributed by atoms with Crippen LogP contribution < -0.4 is 15.4 Å². The lowest BCUT2D eigenvalue weighted by Crippen LogP contribution is -2.32. The number of terminal acetylenes is 1. The minimum Gasteiger partial charge on any atom is -0.497 e. The number of aliphatic hydroxyl groups is 1. The Labute approximate surface area is 135 Å². The summed E-state index contributed by atoms with van der Waals surface area (Å²) in [6, 6.07) is 13.6. The van der Waals surface area contributed by atoms with Crippen molar-refractivity contribution in [2.75, 3.05) is 19.0 Å². The van der Waals surface area contributed by atoms with E-state index >= 15 is 0 Å². The number of hydrogen-bond acceptors (Lipinski definition) is 3. The number of carbonyl (C=O) groups is 1. The Kier molecular flexibility index (Phi) is 5.61. The van der Waals surface area contributed by atoms with Gasteiger partial charge in [-0.25, -0.2) is 4.79 Å². The number of rotatable bonds is 5. The van der Waals surface area contributed by atoms with Gasteiger partial charge in [0.25, 0.3) is 0 Å². The summed E-state index contributed by atoms with van der Waals surface area (Å²) in [5, 5.41) is 15.4. The molecule has 3 N–H and O–H groups in total. The zero-order valence-electron chi connectivity index (χ0n) is 12.7. The average molecular weight is 310 g/mol. The Morgan fingerprint density at radius 2 is 2.09 bits per heavy atom. The van der Waals surface area contributed by atoms with Crippen molar-refractivity contribution in [1.82, 2.24) is 5.32 Å². The van der Waals surface area contributed by atoms with E-state index in [0.717, 1.165) is 0 Å². The third kappa shape index (κ3) is 4.77. The molecule has 2 aromatic carbocycles. The number of ether oxygens (including phenoxy) is 1. The molecule has 2 aromatic rings. The van der Waals surface area contributed by atoms with Gasteiger partial charge < -0.3 is 20.5 Å². The van der Waals surface area contributed by atoms with Gasteiger partial charge in [0.15, 0.2) is 0 Å². The minimum absolute atomic E-state index is 0.0772. The summed E-state index contributed by atoms with van der Waals surface area (Å²) in [5.41, 5.74) is 1.94. The molecule has 0 fully saturated rings. The molecule has 5 nitrogen and oxygen atoms in total. The quantitative estimate of drug-likeness (QED) is 0.743. The highest BCUT2D eigenvalue weighted by Gasteiger charge is 2.10. The van der Waals surface area contributed by atoms with Gasteiger partial charge in [-0.1, -0.05) is 24.1 Å². The largest absolute Gasteiger partial charge is 0.497 e. The van der Waals surface area contributed by atoms with Gasteiger partial charge in [0.05, 0.1) is 13.2 Å². The van der Waals surface area contributed by atoms with Crippen LogP contribution >= 0.6 is 0 Å². The second-order valence-electron chi connectivity index (χ2n) is 4.85. The fourth-order valence-electron chi connectivity index (χ4n) is 2.02. The van der Waals surface area contributed by atoms with Crippen LogP contribution in [-0.2, 0) is 0 Å². The molecule has 0 spiro atoms. The van der Waals surface area contributed by atoms with Crippen LogP contribution in [0.1, 0.15) is 17.2 Å². The van der Waals surface area contributed by atoms with Gasteiger partial charge in [-0.15, -0.1) is 6.42 Å². The van der Waals surface area contributed by atoms with Crippen LogP contribution in [0.3, 0.4) is 0 Å². The standard InChI is InChI=1S/C18H18N2O3/c1-3-13-6-4-8-15(10-13)20-18(22)19-12-17(21)14-7-5-9-16(11-14)23-2/h1,4-11,17,21H,12H2,2H3,(H2,19,20,22). The highest BCUT2D eigenvalue weighted by molar-refractivity contribution is 5.89. The fourth-order valence-corrected chi connectivity index (χ4v) is 2.02. The predicted octanol–water partition coefficient (Wildman–Crippen LogP) is 2.53. The molecule has 5 heteroatoms. The molecule has 1 unspecified atom stereocenters. The summed E-state index contributed by atoms with van der Waals surface area (Å²) in [5.74, 6) is 3.15. The normalized spacial score (nSPS) is 11.2. The number of nitrogens with one attached hydrogen (secondary N) is 2. The van der Waals surface area contributed by atoms with Crippen molar-refractivity contribution in [3.63, 3.8) is 0 Å². The zero-order chi connectivity index (χ0) is 16.7. The Bertz CT molecular complexity index is 722. The molecule has 0 saturated heterocycles. The zero-order valence-corrected chi connectivity index (χ0v) is 12.7. The highest BCUT2D eigenvalue weighted by Crippen LogP contribution is 2.18. The van der Waals surface area contributed by atoms with E-state index in [1.54, 1.807) is 55.6 Å². The van der Waals surface area contributed by atoms with E-state index in [-0.39, 0.29) is 6.54 Å². The minimum atomic E-state index is -0.826. The molecule has 0 aliphatic rings. The van der Waals surface area contributed by atoms with E-state index < -0.39 is 12.1 Å². The van der Waals surface area contributed by atoms with Gasteiger partial charge in [-0.2, -0.15) is 0 Å². The lowest BCUT2D eigenvalue weighted by atomic mass is 10.1. The van der Waals surface area contributed by atoms with Crippen molar-refractivity contribution in [1.29, 1.82) is 0 Å². The lowest BCUT2D eigenvalue weighted by molar-refractivity contribution is 0.175. The molecule has 0 aliphatic heterocycles. The SMILES string of the molecule is C#Cc1cccc(NC(=O)NCC(O)c2cccc(OC)c2)c1. The first-order valence-electron chi connectivity index (χ1n) is 7.06. The topological polar surface area (TPSA) is 70.6 Å². The molecule has 0 radical (unpaired) electrons. The van der Waals surface area contributed by atoms with Crippen molar-refractivity contribution in [3.8, 4) is 18.1 Å². The number of methoxy groups -OCH3 is 1. The van der Waals surface area contributed by atoms with Gasteiger partial charge in [-0.3, -0.25) is 0 Å². The van der Waals surface area contributed by atoms with E-state index in [0.29, 0.717) is 22.6 Å². The molecule has 0 aliphatic carbocycles. The molecular formula is C18H18N2O3. The van der Waals surface area contributed by atoms with E-state index in [1.165, 1.54) is 0 Å². The molecule has 2 rings (SSSR count). The summed E-state index contributed by atoms with van der Waals surface area (Å²) in [6.45, 7) is 0.0772. The number of carbonyl (C=O) groups excluding carboxylic acids is 1. The number of amides is 2. The third-order valence-electron chi connectivity index (χ3n) is 3.22. The second kappa shape index (κ2) is 7.87. The van der Waals surface area contributed by atoms with E-state index in [2.05, 4.69) is 16.6 Å². The first-order valence-corrected chi connectivity index (χ1v) is 7.06. The maximum absolute atomic E-state index is 11.9. The van der Waals surface area contributed by atoms with Crippen LogP contribution in [0.25, 0.3) is 0 Å². The van der Waals surface area contributed by atoms with Gasteiger partial charge in [0.2, 0.25) is 0 Å². The highest BCUT2D eigenvalue weighted by atomic mass is 16.5.